The number of piperidine rings is 1. The van der Waals surface area contributed by atoms with Crippen molar-refractivity contribution in [1.82, 2.24) is 9.80 Å². The Morgan fingerprint density at radius 3 is 2.60 bits per heavy atom. The molecule has 0 unspecified atom stereocenters. The summed E-state index contributed by atoms with van der Waals surface area (Å²) in [5, 5.41) is 0. The number of benzene rings is 1. The first-order valence-electron chi connectivity index (χ1n) is 7.79. The molecule has 1 amide bonds. The fourth-order valence-corrected chi connectivity index (χ4v) is 3.04. The van der Waals surface area contributed by atoms with E-state index in [1.54, 1.807) is 0 Å². The van der Waals surface area contributed by atoms with Crippen LogP contribution in [-0.2, 0) is 11.3 Å². The van der Waals surface area contributed by atoms with Gasteiger partial charge in [-0.1, -0.05) is 30.3 Å². The zero-order valence-electron chi connectivity index (χ0n) is 12.7. The van der Waals surface area contributed by atoms with Gasteiger partial charge < -0.3 is 4.90 Å². The number of hydrogen-bond donors (Lipinski definition) is 0. The number of carbonyl (C=O) groups excluding carboxylic acids is 1. The molecule has 0 spiro atoms. The number of carbonyl (C=O) groups is 1. The first-order valence-corrected chi connectivity index (χ1v) is 7.79. The maximum absolute atomic E-state index is 12.5. The summed E-state index contributed by atoms with van der Waals surface area (Å²) in [6.07, 6.45) is 2.17. The fourth-order valence-electron chi connectivity index (χ4n) is 3.04. The lowest BCUT2D eigenvalue weighted by Gasteiger charge is -2.34. The van der Waals surface area contributed by atoms with E-state index in [1.807, 2.05) is 11.0 Å². The standard InChI is InChI=1S/C17H26N2O/c1-3-19(4-2)17(20)16-11-8-12-18(14-16)13-15-9-6-5-7-10-15/h5-7,9-10,16H,3-4,8,11-14H2,1-2H3/t16-/m1/s1. The van der Waals surface area contributed by atoms with E-state index in [0.717, 1.165) is 45.6 Å². The highest BCUT2D eigenvalue weighted by Gasteiger charge is 2.28. The lowest BCUT2D eigenvalue weighted by atomic mass is 9.96. The van der Waals surface area contributed by atoms with E-state index < -0.39 is 0 Å². The molecule has 1 saturated heterocycles. The highest BCUT2D eigenvalue weighted by Crippen LogP contribution is 2.20. The van der Waals surface area contributed by atoms with Gasteiger partial charge in [0.05, 0.1) is 5.92 Å². The Morgan fingerprint density at radius 2 is 1.95 bits per heavy atom. The Morgan fingerprint density at radius 1 is 1.25 bits per heavy atom. The minimum atomic E-state index is 0.187. The van der Waals surface area contributed by atoms with Gasteiger partial charge in [-0.3, -0.25) is 9.69 Å². The Kier molecular flexibility index (Phi) is 5.60. The minimum absolute atomic E-state index is 0.187. The van der Waals surface area contributed by atoms with Gasteiger partial charge >= 0.3 is 0 Å². The Bertz CT molecular complexity index is 414. The quantitative estimate of drug-likeness (QED) is 0.824. The molecule has 0 saturated carbocycles. The SMILES string of the molecule is CCN(CC)C(=O)[C@@H]1CCCN(Cc2ccccc2)C1. The zero-order chi connectivity index (χ0) is 14.4. The summed E-state index contributed by atoms with van der Waals surface area (Å²) in [5.41, 5.74) is 1.34. The molecule has 110 valence electrons. The van der Waals surface area contributed by atoms with Crippen LogP contribution in [0, 0.1) is 5.92 Å². The second-order valence-electron chi connectivity index (χ2n) is 5.57. The third-order valence-electron chi connectivity index (χ3n) is 4.18. The van der Waals surface area contributed by atoms with Crippen LogP contribution in [0.15, 0.2) is 30.3 Å². The second kappa shape index (κ2) is 7.44. The molecule has 1 aromatic carbocycles. The molecule has 2 rings (SSSR count). The third-order valence-corrected chi connectivity index (χ3v) is 4.18. The smallest absolute Gasteiger partial charge is 0.226 e. The van der Waals surface area contributed by atoms with Crippen molar-refractivity contribution in [3.8, 4) is 0 Å². The van der Waals surface area contributed by atoms with Gasteiger partial charge in [-0.05, 0) is 38.8 Å². The first kappa shape index (κ1) is 15.0. The monoisotopic (exact) mass is 274 g/mol. The van der Waals surface area contributed by atoms with Crippen LogP contribution in [0.25, 0.3) is 0 Å². The molecule has 3 heteroatoms. The predicted molar refractivity (Wildman–Crippen MR) is 82.4 cm³/mol. The first-order chi connectivity index (χ1) is 9.74. The van der Waals surface area contributed by atoms with Crippen molar-refractivity contribution in [2.24, 2.45) is 5.92 Å². The van der Waals surface area contributed by atoms with Crippen LogP contribution in [0.1, 0.15) is 32.3 Å². The van der Waals surface area contributed by atoms with Crippen molar-refractivity contribution in [1.29, 1.82) is 0 Å². The molecule has 0 aromatic heterocycles. The normalized spacial score (nSPS) is 19.8. The van der Waals surface area contributed by atoms with Gasteiger partial charge in [0, 0.05) is 26.2 Å². The lowest BCUT2D eigenvalue weighted by Crippen LogP contribution is -2.44. The highest BCUT2D eigenvalue weighted by atomic mass is 16.2. The molecule has 1 heterocycles. The summed E-state index contributed by atoms with van der Waals surface area (Å²) in [6.45, 7) is 8.75. The van der Waals surface area contributed by atoms with Crippen LogP contribution >= 0.6 is 0 Å². The van der Waals surface area contributed by atoms with Gasteiger partial charge in [0.1, 0.15) is 0 Å². The minimum Gasteiger partial charge on any atom is -0.343 e. The van der Waals surface area contributed by atoms with Crippen LogP contribution in [0.4, 0.5) is 0 Å². The van der Waals surface area contributed by atoms with Crippen LogP contribution in [0.5, 0.6) is 0 Å². The predicted octanol–water partition coefficient (Wildman–Crippen LogP) is 2.77. The lowest BCUT2D eigenvalue weighted by molar-refractivity contribution is -0.137. The zero-order valence-corrected chi connectivity index (χ0v) is 12.7. The number of rotatable bonds is 5. The van der Waals surface area contributed by atoms with E-state index in [0.29, 0.717) is 5.91 Å². The number of amides is 1. The summed E-state index contributed by atoms with van der Waals surface area (Å²) >= 11 is 0. The molecule has 0 radical (unpaired) electrons. The molecule has 1 aromatic rings. The van der Waals surface area contributed by atoms with Gasteiger partial charge in [0.2, 0.25) is 5.91 Å². The third kappa shape index (κ3) is 3.83. The van der Waals surface area contributed by atoms with Crippen molar-refractivity contribution < 1.29 is 4.79 Å². The van der Waals surface area contributed by atoms with E-state index in [2.05, 4.69) is 43.0 Å². The molecular formula is C17H26N2O. The highest BCUT2D eigenvalue weighted by molar-refractivity contribution is 5.79. The average Bonchev–Trinajstić information content (AvgIpc) is 2.49. The van der Waals surface area contributed by atoms with Crippen molar-refractivity contribution in [3.63, 3.8) is 0 Å². The van der Waals surface area contributed by atoms with Gasteiger partial charge in [0.25, 0.3) is 0 Å². The van der Waals surface area contributed by atoms with Crippen molar-refractivity contribution in [2.45, 2.75) is 33.2 Å². The number of nitrogens with zero attached hydrogens (tertiary/aromatic N) is 2. The molecule has 0 N–H and O–H groups in total. The van der Waals surface area contributed by atoms with Crippen LogP contribution in [0.2, 0.25) is 0 Å². The van der Waals surface area contributed by atoms with Crippen molar-refractivity contribution >= 4 is 5.91 Å². The molecule has 1 atom stereocenters. The van der Waals surface area contributed by atoms with E-state index in [4.69, 9.17) is 0 Å². The van der Waals surface area contributed by atoms with E-state index in [9.17, 15) is 4.79 Å². The van der Waals surface area contributed by atoms with E-state index >= 15 is 0 Å². The summed E-state index contributed by atoms with van der Waals surface area (Å²) in [6, 6.07) is 10.5. The fraction of sp³-hybridized carbons (Fsp3) is 0.588. The van der Waals surface area contributed by atoms with Crippen LogP contribution < -0.4 is 0 Å². The molecule has 1 aliphatic rings. The summed E-state index contributed by atoms with van der Waals surface area (Å²) in [5.74, 6) is 0.528. The van der Waals surface area contributed by atoms with Gasteiger partial charge in [-0.25, -0.2) is 0 Å². The molecular weight excluding hydrogens is 248 g/mol. The summed E-state index contributed by atoms with van der Waals surface area (Å²) in [7, 11) is 0. The summed E-state index contributed by atoms with van der Waals surface area (Å²) in [4.78, 5) is 16.8. The average molecular weight is 274 g/mol. The van der Waals surface area contributed by atoms with Gasteiger partial charge in [-0.2, -0.15) is 0 Å². The van der Waals surface area contributed by atoms with Gasteiger partial charge in [0.15, 0.2) is 0 Å². The maximum atomic E-state index is 12.5. The Labute approximate surface area is 122 Å². The van der Waals surface area contributed by atoms with E-state index in [1.165, 1.54) is 5.56 Å². The molecule has 3 nitrogen and oxygen atoms in total. The molecule has 1 aliphatic heterocycles. The number of hydrogen-bond acceptors (Lipinski definition) is 2. The van der Waals surface area contributed by atoms with Gasteiger partial charge in [-0.15, -0.1) is 0 Å². The topological polar surface area (TPSA) is 23.6 Å². The second-order valence-corrected chi connectivity index (χ2v) is 5.57. The van der Waals surface area contributed by atoms with Crippen molar-refractivity contribution in [2.75, 3.05) is 26.2 Å². The summed E-state index contributed by atoms with van der Waals surface area (Å²) < 4.78 is 0. The van der Waals surface area contributed by atoms with Crippen LogP contribution in [0.3, 0.4) is 0 Å². The van der Waals surface area contributed by atoms with Crippen LogP contribution in [-0.4, -0.2) is 41.9 Å². The molecule has 0 aliphatic carbocycles. The largest absolute Gasteiger partial charge is 0.343 e. The Hall–Kier alpha value is -1.35. The molecule has 1 fully saturated rings. The maximum Gasteiger partial charge on any atom is 0.226 e. The molecule has 20 heavy (non-hydrogen) atoms. The van der Waals surface area contributed by atoms with Crippen molar-refractivity contribution in [3.05, 3.63) is 35.9 Å². The molecule has 0 bridgehead atoms. The number of likely N-dealkylation sites (tertiary alicyclic amines) is 1. The Balaban J connectivity index is 1.93. The van der Waals surface area contributed by atoms with E-state index in [-0.39, 0.29) is 5.92 Å².